The van der Waals surface area contributed by atoms with Gasteiger partial charge in [-0.3, -0.25) is 4.79 Å². The van der Waals surface area contributed by atoms with Crippen molar-refractivity contribution in [2.24, 2.45) is 11.8 Å². The van der Waals surface area contributed by atoms with Crippen molar-refractivity contribution in [3.05, 3.63) is 35.9 Å². The predicted molar refractivity (Wildman–Crippen MR) is 80.0 cm³/mol. The third kappa shape index (κ3) is 3.33. The molecule has 1 aromatic rings. The SMILES string of the molecule is O=C(CSCc1ccccc1)N[C@@H]1C[C@@H]2CC[C@@H]1C2. The maximum atomic E-state index is 11.9. The normalized spacial score (nSPS) is 28.5. The van der Waals surface area contributed by atoms with E-state index in [4.69, 9.17) is 0 Å². The first-order valence-electron chi connectivity index (χ1n) is 7.22. The Morgan fingerprint density at radius 3 is 2.74 bits per heavy atom. The molecule has 2 bridgehead atoms. The van der Waals surface area contributed by atoms with E-state index in [1.54, 1.807) is 11.8 Å². The molecule has 0 aromatic heterocycles. The van der Waals surface area contributed by atoms with Crippen molar-refractivity contribution in [2.45, 2.75) is 37.5 Å². The van der Waals surface area contributed by atoms with Crippen LogP contribution in [0.25, 0.3) is 0 Å². The Labute approximate surface area is 119 Å². The van der Waals surface area contributed by atoms with Gasteiger partial charge in [-0.15, -0.1) is 11.8 Å². The number of fused-ring (bicyclic) bond motifs is 2. The fraction of sp³-hybridized carbons (Fsp3) is 0.562. The van der Waals surface area contributed by atoms with Gasteiger partial charge in [0.25, 0.3) is 0 Å². The maximum Gasteiger partial charge on any atom is 0.230 e. The first-order chi connectivity index (χ1) is 9.31. The molecule has 3 rings (SSSR count). The van der Waals surface area contributed by atoms with Crippen molar-refractivity contribution in [2.75, 3.05) is 5.75 Å². The van der Waals surface area contributed by atoms with Crippen LogP contribution in [0.2, 0.25) is 0 Å². The molecule has 102 valence electrons. The molecule has 0 radical (unpaired) electrons. The number of carbonyl (C=O) groups is 1. The van der Waals surface area contributed by atoms with Crippen molar-refractivity contribution in [1.29, 1.82) is 0 Å². The quantitative estimate of drug-likeness (QED) is 0.894. The third-order valence-electron chi connectivity index (χ3n) is 4.43. The summed E-state index contributed by atoms with van der Waals surface area (Å²) >= 11 is 1.71. The summed E-state index contributed by atoms with van der Waals surface area (Å²) in [7, 11) is 0. The minimum absolute atomic E-state index is 0.221. The van der Waals surface area contributed by atoms with Crippen molar-refractivity contribution < 1.29 is 4.79 Å². The average molecular weight is 275 g/mol. The van der Waals surface area contributed by atoms with E-state index in [2.05, 4.69) is 17.4 Å². The molecule has 0 unspecified atom stereocenters. The minimum atomic E-state index is 0.221. The summed E-state index contributed by atoms with van der Waals surface area (Å²) in [5, 5.41) is 3.24. The standard InChI is InChI=1S/C16H21NOS/c18-16(11-19-10-12-4-2-1-3-5-12)17-15-9-13-6-7-14(15)8-13/h1-5,13-15H,6-11H2,(H,17,18)/t13-,14-,15-/m1/s1. The van der Waals surface area contributed by atoms with E-state index >= 15 is 0 Å². The molecule has 0 saturated heterocycles. The van der Waals surface area contributed by atoms with Gasteiger partial charge in [-0.05, 0) is 36.7 Å². The van der Waals surface area contributed by atoms with Gasteiger partial charge in [0.05, 0.1) is 5.75 Å². The molecule has 2 aliphatic rings. The van der Waals surface area contributed by atoms with Gasteiger partial charge in [-0.2, -0.15) is 0 Å². The summed E-state index contributed by atoms with van der Waals surface area (Å²) in [5.74, 6) is 3.40. The summed E-state index contributed by atoms with van der Waals surface area (Å²) in [6.45, 7) is 0. The minimum Gasteiger partial charge on any atom is -0.352 e. The van der Waals surface area contributed by atoms with E-state index in [9.17, 15) is 4.79 Å². The van der Waals surface area contributed by atoms with Crippen LogP contribution in [-0.4, -0.2) is 17.7 Å². The largest absolute Gasteiger partial charge is 0.352 e. The Balaban J connectivity index is 1.38. The molecule has 19 heavy (non-hydrogen) atoms. The number of amides is 1. The fourth-order valence-corrected chi connectivity index (χ4v) is 4.30. The van der Waals surface area contributed by atoms with Gasteiger partial charge in [0.15, 0.2) is 0 Å². The van der Waals surface area contributed by atoms with E-state index < -0.39 is 0 Å². The monoisotopic (exact) mass is 275 g/mol. The number of benzene rings is 1. The molecule has 2 nitrogen and oxygen atoms in total. The van der Waals surface area contributed by atoms with Crippen molar-refractivity contribution in [3.63, 3.8) is 0 Å². The van der Waals surface area contributed by atoms with Crippen LogP contribution >= 0.6 is 11.8 Å². The van der Waals surface area contributed by atoms with Crippen LogP contribution in [0, 0.1) is 11.8 Å². The summed E-state index contributed by atoms with van der Waals surface area (Å²) < 4.78 is 0. The summed E-state index contributed by atoms with van der Waals surface area (Å²) in [4.78, 5) is 11.9. The summed E-state index contributed by atoms with van der Waals surface area (Å²) in [6, 6.07) is 10.8. The lowest BCUT2D eigenvalue weighted by Gasteiger charge is -2.22. The number of thioether (sulfide) groups is 1. The van der Waals surface area contributed by atoms with Gasteiger partial charge in [-0.1, -0.05) is 36.8 Å². The highest BCUT2D eigenvalue weighted by atomic mass is 32.2. The molecular formula is C16H21NOS. The van der Waals surface area contributed by atoms with Crippen molar-refractivity contribution >= 4 is 17.7 Å². The molecule has 1 amide bonds. The van der Waals surface area contributed by atoms with Gasteiger partial charge < -0.3 is 5.32 Å². The Kier molecular flexibility index (Phi) is 4.12. The first-order valence-corrected chi connectivity index (χ1v) is 8.38. The molecule has 2 aliphatic carbocycles. The molecule has 0 spiro atoms. The van der Waals surface area contributed by atoms with Crippen LogP contribution in [0.1, 0.15) is 31.2 Å². The van der Waals surface area contributed by atoms with Crippen LogP contribution < -0.4 is 5.32 Å². The Morgan fingerprint density at radius 2 is 2.05 bits per heavy atom. The first kappa shape index (κ1) is 13.0. The van der Waals surface area contributed by atoms with Gasteiger partial charge in [0.2, 0.25) is 5.91 Å². The third-order valence-corrected chi connectivity index (χ3v) is 5.43. The lowest BCUT2D eigenvalue weighted by Crippen LogP contribution is -2.39. The highest BCUT2D eigenvalue weighted by molar-refractivity contribution is 7.99. The van der Waals surface area contributed by atoms with Gasteiger partial charge in [-0.25, -0.2) is 0 Å². The zero-order chi connectivity index (χ0) is 13.1. The molecular weight excluding hydrogens is 254 g/mol. The Bertz CT molecular complexity index is 434. The van der Waals surface area contributed by atoms with Crippen molar-refractivity contribution in [1.82, 2.24) is 5.32 Å². The second-order valence-corrected chi connectivity index (χ2v) is 6.81. The van der Waals surface area contributed by atoms with E-state index in [1.165, 1.54) is 31.2 Å². The van der Waals surface area contributed by atoms with Gasteiger partial charge >= 0.3 is 0 Å². The highest BCUT2D eigenvalue weighted by Gasteiger charge is 2.39. The molecule has 3 heteroatoms. The number of nitrogens with one attached hydrogen (secondary N) is 1. The second kappa shape index (κ2) is 6.00. The zero-order valence-corrected chi connectivity index (χ0v) is 12.0. The van der Waals surface area contributed by atoms with Crippen LogP contribution in [0.15, 0.2) is 30.3 Å². The van der Waals surface area contributed by atoms with Gasteiger partial charge in [0.1, 0.15) is 0 Å². The number of hydrogen-bond acceptors (Lipinski definition) is 2. The topological polar surface area (TPSA) is 29.1 Å². The van der Waals surface area contributed by atoms with Crippen LogP contribution in [0.5, 0.6) is 0 Å². The number of carbonyl (C=O) groups excluding carboxylic acids is 1. The Hall–Kier alpha value is -0.960. The number of hydrogen-bond donors (Lipinski definition) is 1. The van der Waals surface area contributed by atoms with E-state index in [0.29, 0.717) is 11.8 Å². The molecule has 2 saturated carbocycles. The van der Waals surface area contributed by atoms with Crippen molar-refractivity contribution in [3.8, 4) is 0 Å². The second-order valence-electron chi connectivity index (χ2n) is 5.83. The lowest BCUT2D eigenvalue weighted by atomic mass is 9.95. The number of rotatable bonds is 5. The Morgan fingerprint density at radius 1 is 1.21 bits per heavy atom. The molecule has 1 N–H and O–H groups in total. The van der Waals surface area contributed by atoms with E-state index in [1.807, 2.05) is 18.2 Å². The molecule has 2 fully saturated rings. The van der Waals surface area contributed by atoms with Gasteiger partial charge in [0, 0.05) is 11.8 Å². The molecule has 0 aliphatic heterocycles. The van der Waals surface area contributed by atoms with Crippen LogP contribution in [0.3, 0.4) is 0 Å². The molecule has 1 aromatic carbocycles. The fourth-order valence-electron chi connectivity index (χ4n) is 3.51. The maximum absolute atomic E-state index is 11.9. The van der Waals surface area contributed by atoms with Crippen LogP contribution in [-0.2, 0) is 10.5 Å². The van der Waals surface area contributed by atoms with E-state index in [-0.39, 0.29) is 5.91 Å². The highest BCUT2D eigenvalue weighted by Crippen LogP contribution is 2.44. The zero-order valence-electron chi connectivity index (χ0n) is 11.2. The molecule has 3 atom stereocenters. The summed E-state index contributed by atoms with van der Waals surface area (Å²) in [5.41, 5.74) is 1.29. The lowest BCUT2D eigenvalue weighted by molar-refractivity contribution is -0.119. The smallest absolute Gasteiger partial charge is 0.230 e. The van der Waals surface area contributed by atoms with Crippen LogP contribution in [0.4, 0.5) is 0 Å². The average Bonchev–Trinajstić information content (AvgIpc) is 3.02. The van der Waals surface area contributed by atoms with E-state index in [0.717, 1.165) is 17.6 Å². The summed E-state index contributed by atoms with van der Waals surface area (Å²) in [6.07, 6.45) is 5.29. The predicted octanol–water partition coefficient (Wildman–Crippen LogP) is 3.22. The molecule has 0 heterocycles.